The molecule has 2 amide bonds. The summed E-state index contributed by atoms with van der Waals surface area (Å²) in [7, 11) is 1.31. The number of hydrogen-bond donors (Lipinski definition) is 3. The van der Waals surface area contributed by atoms with E-state index in [2.05, 4.69) is 57.2 Å². The Morgan fingerprint density at radius 3 is 2.10 bits per heavy atom. The van der Waals surface area contributed by atoms with E-state index < -0.39 is 34.7 Å². The third-order valence-corrected chi connectivity index (χ3v) is 10.7. The predicted octanol–water partition coefficient (Wildman–Crippen LogP) is 5.21. The van der Waals surface area contributed by atoms with Gasteiger partial charge in [-0.2, -0.15) is 0 Å². The predicted molar refractivity (Wildman–Crippen MR) is 197 cm³/mol. The second kappa shape index (κ2) is 15.1. The van der Waals surface area contributed by atoms with Crippen molar-refractivity contribution in [2.24, 2.45) is 5.16 Å². The molecule has 52 heavy (non-hydrogen) atoms. The Morgan fingerprint density at radius 1 is 0.942 bits per heavy atom. The second-order valence-electron chi connectivity index (χ2n) is 11.7. The molecule has 14 heteroatoms. The van der Waals surface area contributed by atoms with E-state index in [0.717, 1.165) is 27.2 Å². The molecule has 0 unspecified atom stereocenters. The number of carboxylic acids is 1. The number of carboxylic acid groups (broad SMARTS) is 1. The van der Waals surface area contributed by atoms with Crippen LogP contribution < -0.4 is 10.6 Å². The van der Waals surface area contributed by atoms with Crippen LogP contribution in [0.25, 0.3) is 0 Å². The average molecular weight is 733 g/mol. The molecule has 0 saturated carbocycles. The van der Waals surface area contributed by atoms with E-state index in [1.165, 1.54) is 30.2 Å². The number of thioether (sulfide) groups is 1. The first-order valence-electron chi connectivity index (χ1n) is 16.2. The summed E-state index contributed by atoms with van der Waals surface area (Å²) in [6.45, 7) is 0.118. The van der Waals surface area contributed by atoms with Crippen molar-refractivity contribution in [2.75, 3.05) is 18.2 Å². The first-order valence-corrected chi connectivity index (χ1v) is 18.1. The lowest BCUT2D eigenvalue weighted by Crippen LogP contribution is -2.71. The van der Waals surface area contributed by atoms with E-state index in [-0.39, 0.29) is 35.2 Å². The van der Waals surface area contributed by atoms with E-state index in [9.17, 15) is 19.5 Å². The monoisotopic (exact) mass is 732 g/mol. The van der Waals surface area contributed by atoms with Crippen LogP contribution in [-0.2, 0) is 36.1 Å². The normalized spacial score (nSPS) is 17.1. The summed E-state index contributed by atoms with van der Waals surface area (Å²) in [6, 6.07) is 32.6. The number of hydrogen-bond acceptors (Lipinski definition) is 11. The number of carbonyl (C=O) groups is 3. The number of benzene rings is 3. The largest absolute Gasteiger partial charge is 0.490 e. The maximum Gasteiger partial charge on any atom is 0.356 e. The molecule has 7 rings (SSSR count). The molecular weight excluding hydrogens is 701 g/mol. The summed E-state index contributed by atoms with van der Waals surface area (Å²) in [6.07, 6.45) is 3.22. The number of fused-ring (bicyclic) bond motifs is 1. The van der Waals surface area contributed by atoms with Gasteiger partial charge in [-0.3, -0.25) is 19.5 Å². The Bertz CT molecular complexity index is 2030. The zero-order chi connectivity index (χ0) is 36.1. The number of carbonyl (C=O) groups excluding carboxylic acids is 2. The highest BCUT2D eigenvalue weighted by atomic mass is 32.2. The van der Waals surface area contributed by atoms with Crippen LogP contribution in [0.2, 0.25) is 0 Å². The quantitative estimate of drug-likeness (QED) is 0.0637. The van der Waals surface area contributed by atoms with E-state index in [1.807, 2.05) is 54.6 Å². The third-order valence-electron chi connectivity index (χ3n) is 8.64. The van der Waals surface area contributed by atoms with Gasteiger partial charge in [-0.1, -0.05) is 96.2 Å². The first-order chi connectivity index (χ1) is 25.4. The Kier molecular flexibility index (Phi) is 10.00. The van der Waals surface area contributed by atoms with Crippen LogP contribution in [0, 0.1) is 0 Å². The smallest absolute Gasteiger partial charge is 0.356 e. The number of oxime groups is 1. The molecule has 262 valence electrons. The van der Waals surface area contributed by atoms with Gasteiger partial charge in [-0.05, 0) is 34.4 Å². The molecule has 0 aliphatic carbocycles. The fraction of sp³-hybridized carbons (Fsp3) is 0.158. The minimum atomic E-state index is -1.30. The molecule has 12 nitrogen and oxygen atoms in total. The van der Waals surface area contributed by atoms with Gasteiger partial charge in [0, 0.05) is 17.8 Å². The van der Waals surface area contributed by atoms with Gasteiger partial charge in [0.1, 0.15) is 42.1 Å². The van der Waals surface area contributed by atoms with Crippen LogP contribution in [-0.4, -0.2) is 67.7 Å². The number of β-lactam (4-membered cyclic amide) rings is 1. The van der Waals surface area contributed by atoms with E-state index in [1.54, 1.807) is 29.9 Å². The highest BCUT2D eigenvalue weighted by Gasteiger charge is 2.55. The highest BCUT2D eigenvalue weighted by Crippen LogP contribution is 2.42. The zero-order valence-electron chi connectivity index (χ0n) is 27.7. The number of thiazole rings is 1. The van der Waals surface area contributed by atoms with E-state index in [4.69, 9.17) is 14.6 Å². The standard InChI is InChI=1S/C38H32N6O6S2/c1-49-43-30(33(45)41-31-34(46)44-32(36(47)48)29(23-51-35(31)44)50-21-24-17-19-39-20-18-24)28-22-52-37(40-28)42-38(25-11-5-2-6-12-25,26-13-7-3-8-14-26)27-15-9-4-10-16-27/h2-20,22,31,35H,21,23H2,1H3,(H,40,42)(H,41,45)(H,47,48)/t31-,35+/m1/s1. The lowest BCUT2D eigenvalue weighted by molar-refractivity contribution is -0.150. The van der Waals surface area contributed by atoms with Crippen molar-refractivity contribution in [3.63, 3.8) is 0 Å². The molecule has 2 aliphatic rings. The number of nitrogens with zero attached hydrogens (tertiary/aromatic N) is 4. The number of rotatable bonds is 13. The molecule has 0 spiro atoms. The molecule has 4 heterocycles. The van der Waals surface area contributed by atoms with Crippen molar-refractivity contribution >= 4 is 51.7 Å². The van der Waals surface area contributed by atoms with Crippen LogP contribution in [0.3, 0.4) is 0 Å². The van der Waals surface area contributed by atoms with Gasteiger partial charge in [0.15, 0.2) is 16.5 Å². The van der Waals surface area contributed by atoms with Crippen LogP contribution in [0.15, 0.2) is 138 Å². The maximum atomic E-state index is 13.7. The molecule has 2 aliphatic heterocycles. The SMILES string of the molecule is CON=C(C(=O)N[C@@H]1C(=O)N2C(C(=O)O)=C(OCc3ccncc3)CS[C@@H]12)c1csc(NC(c2ccccc2)(c2ccccc2)c2ccccc2)n1. The summed E-state index contributed by atoms with van der Waals surface area (Å²) in [4.78, 5) is 54.4. The maximum absolute atomic E-state index is 13.7. The lowest BCUT2D eigenvalue weighted by Gasteiger charge is -2.48. The summed E-state index contributed by atoms with van der Waals surface area (Å²) in [5.74, 6) is -2.21. The van der Waals surface area contributed by atoms with Crippen molar-refractivity contribution in [1.29, 1.82) is 0 Å². The highest BCUT2D eigenvalue weighted by molar-refractivity contribution is 8.00. The minimum Gasteiger partial charge on any atom is -0.490 e. The summed E-state index contributed by atoms with van der Waals surface area (Å²) >= 11 is 2.58. The van der Waals surface area contributed by atoms with Gasteiger partial charge in [0.25, 0.3) is 11.8 Å². The van der Waals surface area contributed by atoms with Gasteiger partial charge in [0.05, 0.1) is 5.75 Å². The van der Waals surface area contributed by atoms with Gasteiger partial charge < -0.3 is 25.3 Å². The molecule has 3 aromatic carbocycles. The number of anilines is 1. The molecule has 0 radical (unpaired) electrons. The van der Waals surface area contributed by atoms with Crippen LogP contribution in [0.1, 0.15) is 27.9 Å². The number of ether oxygens (including phenoxy) is 1. The molecule has 3 N–H and O–H groups in total. The van der Waals surface area contributed by atoms with Crippen molar-refractivity contribution < 1.29 is 29.1 Å². The van der Waals surface area contributed by atoms with Crippen molar-refractivity contribution in [1.82, 2.24) is 20.2 Å². The van der Waals surface area contributed by atoms with Crippen LogP contribution in [0.4, 0.5) is 5.13 Å². The number of pyridine rings is 1. The number of aromatic nitrogens is 2. The molecule has 0 bridgehead atoms. The number of nitrogens with one attached hydrogen (secondary N) is 2. The topological polar surface area (TPSA) is 155 Å². The average Bonchev–Trinajstić information content (AvgIpc) is 3.66. The van der Waals surface area contributed by atoms with Crippen molar-refractivity contribution in [2.45, 2.75) is 23.6 Å². The van der Waals surface area contributed by atoms with Crippen LogP contribution in [0.5, 0.6) is 0 Å². The summed E-state index contributed by atoms with van der Waals surface area (Å²) in [5, 5.41) is 22.0. The van der Waals surface area contributed by atoms with E-state index in [0.29, 0.717) is 5.13 Å². The molecule has 2 atom stereocenters. The van der Waals surface area contributed by atoms with Gasteiger partial charge in [0.2, 0.25) is 0 Å². The fourth-order valence-corrected chi connectivity index (χ4v) is 8.27. The first kappa shape index (κ1) is 34.5. The van der Waals surface area contributed by atoms with Crippen molar-refractivity contribution in [3.05, 3.63) is 160 Å². The Hall–Kier alpha value is -5.99. The molecule has 5 aromatic rings. The zero-order valence-corrected chi connectivity index (χ0v) is 29.3. The molecule has 1 fully saturated rings. The number of aliphatic carboxylic acids is 1. The minimum absolute atomic E-state index is 0.118. The fourth-order valence-electron chi connectivity index (χ4n) is 6.24. The lowest BCUT2D eigenvalue weighted by atomic mass is 9.77. The third kappa shape index (κ3) is 6.61. The summed E-state index contributed by atoms with van der Waals surface area (Å²) < 4.78 is 5.83. The van der Waals surface area contributed by atoms with Gasteiger partial charge in [-0.15, -0.1) is 23.1 Å². The van der Waals surface area contributed by atoms with Crippen LogP contribution >= 0.6 is 23.1 Å². The molecule has 2 aromatic heterocycles. The second-order valence-corrected chi connectivity index (χ2v) is 13.7. The molecule has 1 saturated heterocycles. The summed E-state index contributed by atoms with van der Waals surface area (Å²) in [5.41, 5.74) is 2.73. The Balaban J connectivity index is 1.13. The van der Waals surface area contributed by atoms with Gasteiger partial charge >= 0.3 is 5.97 Å². The number of amides is 2. The van der Waals surface area contributed by atoms with E-state index >= 15 is 0 Å². The molecular formula is C38H32N6O6S2. The Labute approximate surface area is 307 Å². The van der Waals surface area contributed by atoms with Crippen molar-refractivity contribution in [3.8, 4) is 0 Å². The van der Waals surface area contributed by atoms with Gasteiger partial charge in [-0.25, -0.2) is 9.78 Å². The Morgan fingerprint density at radius 2 is 1.54 bits per heavy atom.